The van der Waals surface area contributed by atoms with Gasteiger partial charge in [-0.1, -0.05) is 13.8 Å². The van der Waals surface area contributed by atoms with Crippen LogP contribution in [0.3, 0.4) is 0 Å². The van der Waals surface area contributed by atoms with Crippen LogP contribution in [0.5, 0.6) is 0 Å². The highest BCUT2D eigenvalue weighted by Gasteiger charge is 2.14. The molecule has 4 nitrogen and oxygen atoms in total. The predicted octanol–water partition coefficient (Wildman–Crippen LogP) is 0.404. The van der Waals surface area contributed by atoms with Gasteiger partial charge >= 0.3 is 5.97 Å². The quantitative estimate of drug-likeness (QED) is 0.630. The molecule has 1 atom stereocenters. The number of hydrogen-bond acceptors (Lipinski definition) is 3. The topological polar surface area (TPSA) is 80.4 Å². The molecule has 0 heterocycles. The van der Waals surface area contributed by atoms with Crippen molar-refractivity contribution in [2.45, 2.75) is 32.7 Å². The molecule has 0 saturated carbocycles. The van der Waals surface area contributed by atoms with E-state index in [4.69, 9.17) is 10.8 Å². The first-order valence-electron chi connectivity index (χ1n) is 3.93. The lowest BCUT2D eigenvalue weighted by molar-refractivity contribution is -0.137. The molecule has 70 valence electrons. The molecule has 0 bridgehead atoms. The molecule has 0 spiro atoms. The first-order chi connectivity index (χ1) is 5.43. The van der Waals surface area contributed by atoms with Gasteiger partial charge in [-0.3, -0.25) is 9.59 Å². The minimum Gasteiger partial charge on any atom is -0.481 e. The second-order valence-corrected chi connectivity index (χ2v) is 3.18. The molecule has 0 aliphatic carbocycles. The molecular formula is C8H15NO3. The summed E-state index contributed by atoms with van der Waals surface area (Å²) in [5.74, 6) is -1.01. The zero-order chi connectivity index (χ0) is 9.72. The van der Waals surface area contributed by atoms with Gasteiger partial charge in [-0.2, -0.15) is 0 Å². The Morgan fingerprint density at radius 1 is 1.33 bits per heavy atom. The van der Waals surface area contributed by atoms with Gasteiger partial charge in [0.1, 0.15) is 5.78 Å². The fourth-order valence-corrected chi connectivity index (χ4v) is 0.791. The van der Waals surface area contributed by atoms with Gasteiger partial charge in [0.05, 0.1) is 6.42 Å². The number of carboxylic acid groups (broad SMARTS) is 1. The van der Waals surface area contributed by atoms with E-state index < -0.39 is 12.0 Å². The number of aliphatic carboxylic acids is 1. The first-order valence-corrected chi connectivity index (χ1v) is 3.93. The molecule has 0 aliphatic heterocycles. The van der Waals surface area contributed by atoms with E-state index >= 15 is 0 Å². The van der Waals surface area contributed by atoms with Gasteiger partial charge in [-0.25, -0.2) is 0 Å². The van der Waals surface area contributed by atoms with E-state index in [1.54, 1.807) is 13.8 Å². The molecule has 0 aromatic heterocycles. The Morgan fingerprint density at radius 3 is 2.17 bits per heavy atom. The number of nitrogens with two attached hydrogens (primary N) is 1. The maximum Gasteiger partial charge on any atom is 0.304 e. The van der Waals surface area contributed by atoms with E-state index in [9.17, 15) is 9.59 Å². The molecule has 0 rings (SSSR count). The third kappa shape index (κ3) is 4.85. The van der Waals surface area contributed by atoms with Crippen LogP contribution in [0.1, 0.15) is 26.7 Å². The van der Waals surface area contributed by atoms with Crippen molar-refractivity contribution in [1.29, 1.82) is 0 Å². The Balaban J connectivity index is 3.76. The molecule has 1 unspecified atom stereocenters. The van der Waals surface area contributed by atoms with Crippen LogP contribution in [-0.4, -0.2) is 22.9 Å². The highest BCUT2D eigenvalue weighted by atomic mass is 16.4. The van der Waals surface area contributed by atoms with Gasteiger partial charge < -0.3 is 10.8 Å². The van der Waals surface area contributed by atoms with Crippen LogP contribution in [-0.2, 0) is 9.59 Å². The Labute approximate surface area is 71.8 Å². The number of ketones is 1. The zero-order valence-corrected chi connectivity index (χ0v) is 7.41. The molecule has 3 N–H and O–H groups in total. The standard InChI is InChI=1S/C8H15NO3/c1-5(2)7(10)3-6(9)4-8(11)12/h5-6H,3-4,9H2,1-2H3,(H,11,12). The van der Waals surface area contributed by atoms with E-state index in [0.717, 1.165) is 0 Å². The maximum absolute atomic E-state index is 11.1. The Bertz CT molecular complexity index is 177. The largest absolute Gasteiger partial charge is 0.481 e. The van der Waals surface area contributed by atoms with E-state index in [-0.39, 0.29) is 24.5 Å². The van der Waals surface area contributed by atoms with Crippen molar-refractivity contribution < 1.29 is 14.7 Å². The lowest BCUT2D eigenvalue weighted by Gasteiger charge is -2.09. The summed E-state index contributed by atoms with van der Waals surface area (Å²) in [6.07, 6.45) is 0.0163. The van der Waals surface area contributed by atoms with Crippen LogP contribution in [0.15, 0.2) is 0 Å². The Hall–Kier alpha value is -0.900. The van der Waals surface area contributed by atoms with Gasteiger partial charge in [0.25, 0.3) is 0 Å². The highest BCUT2D eigenvalue weighted by Crippen LogP contribution is 2.03. The van der Waals surface area contributed by atoms with E-state index in [0.29, 0.717) is 0 Å². The normalized spacial score (nSPS) is 13.0. The van der Waals surface area contributed by atoms with Gasteiger partial charge in [0, 0.05) is 18.4 Å². The summed E-state index contributed by atoms with van der Waals surface area (Å²) < 4.78 is 0. The van der Waals surface area contributed by atoms with E-state index in [1.165, 1.54) is 0 Å². The molecule has 0 aliphatic rings. The number of Topliss-reactive ketones (excluding diaryl/α,β-unsaturated/α-hetero) is 1. The Morgan fingerprint density at radius 2 is 1.83 bits per heavy atom. The summed E-state index contributed by atoms with van der Waals surface area (Å²) >= 11 is 0. The van der Waals surface area contributed by atoms with Crippen molar-refractivity contribution in [3.8, 4) is 0 Å². The average molecular weight is 173 g/mol. The molecule has 0 aromatic carbocycles. The summed E-state index contributed by atoms with van der Waals surface area (Å²) in [4.78, 5) is 21.2. The number of carbonyl (C=O) groups excluding carboxylic acids is 1. The third-order valence-corrected chi connectivity index (χ3v) is 1.54. The fraction of sp³-hybridized carbons (Fsp3) is 0.750. The van der Waals surface area contributed by atoms with Gasteiger partial charge in [0.2, 0.25) is 0 Å². The zero-order valence-electron chi connectivity index (χ0n) is 7.41. The molecule has 0 radical (unpaired) electrons. The summed E-state index contributed by atoms with van der Waals surface area (Å²) in [6, 6.07) is -0.544. The molecule has 0 fully saturated rings. The minimum atomic E-state index is -0.959. The molecule has 12 heavy (non-hydrogen) atoms. The summed E-state index contributed by atoms with van der Waals surface area (Å²) in [5, 5.41) is 8.34. The molecule has 4 heteroatoms. The number of rotatable bonds is 5. The average Bonchev–Trinajstić information content (AvgIpc) is 1.84. The van der Waals surface area contributed by atoms with Crippen LogP contribution in [0.2, 0.25) is 0 Å². The highest BCUT2D eigenvalue weighted by molar-refractivity contribution is 5.81. The second-order valence-electron chi connectivity index (χ2n) is 3.18. The van der Waals surface area contributed by atoms with Crippen LogP contribution >= 0.6 is 0 Å². The third-order valence-electron chi connectivity index (χ3n) is 1.54. The number of carboxylic acids is 1. The molecule has 0 aromatic rings. The smallest absolute Gasteiger partial charge is 0.304 e. The van der Waals surface area contributed by atoms with Crippen molar-refractivity contribution in [3.05, 3.63) is 0 Å². The summed E-state index contributed by atoms with van der Waals surface area (Å²) in [7, 11) is 0. The SMILES string of the molecule is CC(C)C(=O)CC(N)CC(=O)O. The van der Waals surface area contributed by atoms with Gasteiger partial charge in [-0.15, -0.1) is 0 Å². The monoisotopic (exact) mass is 173 g/mol. The van der Waals surface area contributed by atoms with Crippen molar-refractivity contribution >= 4 is 11.8 Å². The van der Waals surface area contributed by atoms with Gasteiger partial charge in [0.15, 0.2) is 0 Å². The van der Waals surface area contributed by atoms with Gasteiger partial charge in [-0.05, 0) is 0 Å². The van der Waals surface area contributed by atoms with Crippen LogP contribution in [0.25, 0.3) is 0 Å². The summed E-state index contributed by atoms with van der Waals surface area (Å²) in [6.45, 7) is 3.55. The Kier molecular flexibility index (Phi) is 4.51. The van der Waals surface area contributed by atoms with Crippen molar-refractivity contribution in [3.63, 3.8) is 0 Å². The molecular weight excluding hydrogens is 158 g/mol. The van der Waals surface area contributed by atoms with Crippen LogP contribution in [0.4, 0.5) is 0 Å². The van der Waals surface area contributed by atoms with Crippen molar-refractivity contribution in [2.24, 2.45) is 11.7 Å². The lowest BCUT2D eigenvalue weighted by atomic mass is 10.0. The van der Waals surface area contributed by atoms with Crippen LogP contribution < -0.4 is 5.73 Å². The fourth-order valence-electron chi connectivity index (χ4n) is 0.791. The van der Waals surface area contributed by atoms with E-state index in [1.807, 2.05) is 0 Å². The summed E-state index contributed by atoms with van der Waals surface area (Å²) in [5.41, 5.74) is 5.41. The number of carbonyl (C=O) groups is 2. The van der Waals surface area contributed by atoms with Crippen LogP contribution in [0, 0.1) is 5.92 Å². The van der Waals surface area contributed by atoms with Crippen molar-refractivity contribution in [1.82, 2.24) is 0 Å². The maximum atomic E-state index is 11.1. The second kappa shape index (κ2) is 4.87. The molecule has 0 saturated heterocycles. The predicted molar refractivity (Wildman–Crippen MR) is 44.7 cm³/mol. The van der Waals surface area contributed by atoms with E-state index in [2.05, 4.69) is 0 Å². The lowest BCUT2D eigenvalue weighted by Crippen LogP contribution is -2.28. The van der Waals surface area contributed by atoms with Crippen molar-refractivity contribution in [2.75, 3.05) is 0 Å². The molecule has 0 amide bonds. The number of hydrogen-bond donors (Lipinski definition) is 2. The first kappa shape index (κ1) is 11.1. The minimum absolute atomic E-state index is 0.0174.